The van der Waals surface area contributed by atoms with Crippen molar-refractivity contribution < 1.29 is 78.2 Å². The number of hydrogen-bond acceptors (Lipinski definition) is 11. The number of nitrogens with one attached hydrogen (secondary N) is 1. The van der Waals surface area contributed by atoms with Gasteiger partial charge < -0.3 is 49.1 Å². The van der Waals surface area contributed by atoms with Crippen LogP contribution < -0.4 is 40.0 Å². The number of aliphatic hydroxyl groups is 2. The van der Waals surface area contributed by atoms with Gasteiger partial charge in [-0.2, -0.15) is 0 Å². The third kappa shape index (κ3) is 10.3. The van der Waals surface area contributed by atoms with Gasteiger partial charge in [0.2, 0.25) is 0 Å². The van der Waals surface area contributed by atoms with E-state index >= 15 is 0 Å². The number of hydrogen-bond donors (Lipinski definition) is 3. The molecule has 0 aromatic heterocycles. The second-order valence-electron chi connectivity index (χ2n) is 19.8. The molecule has 61 heavy (non-hydrogen) atoms. The van der Waals surface area contributed by atoms with E-state index in [0.29, 0.717) is 57.9 Å². The van der Waals surface area contributed by atoms with E-state index in [-0.39, 0.29) is 71.3 Å². The Morgan fingerprint density at radius 3 is 2.21 bits per heavy atom. The van der Waals surface area contributed by atoms with Crippen LogP contribution in [-0.2, 0) is 39.8 Å². The van der Waals surface area contributed by atoms with Gasteiger partial charge in [-0.05, 0) is 95.1 Å². The summed E-state index contributed by atoms with van der Waals surface area (Å²) in [5, 5.41) is 38.7. The first-order chi connectivity index (χ1) is 28.4. The molecule has 18 atom stereocenters. The van der Waals surface area contributed by atoms with Crippen molar-refractivity contribution >= 4 is 11.8 Å². The van der Waals surface area contributed by atoms with E-state index in [1.54, 1.807) is 6.92 Å². The van der Waals surface area contributed by atoms with E-state index in [9.17, 15) is 24.9 Å². The molecule has 6 rings (SSSR count). The van der Waals surface area contributed by atoms with Crippen LogP contribution in [0, 0.1) is 41.4 Å². The fourth-order valence-electron chi connectivity index (χ4n) is 11.5. The number of carboxylic acid groups (broad SMARTS) is 1. The molecule has 5 heterocycles. The van der Waals surface area contributed by atoms with Crippen LogP contribution in [0.25, 0.3) is 0 Å². The molecule has 0 radical (unpaired) electrons. The van der Waals surface area contributed by atoms with E-state index in [1.165, 1.54) is 0 Å². The summed E-state index contributed by atoms with van der Waals surface area (Å²) in [4.78, 5) is 26.6. The van der Waals surface area contributed by atoms with Crippen LogP contribution in [0.4, 0.5) is 0 Å². The maximum atomic E-state index is 14.7. The molecule has 1 aromatic rings. The van der Waals surface area contributed by atoms with Crippen LogP contribution in [0.3, 0.4) is 0 Å². The van der Waals surface area contributed by atoms with Crippen LogP contribution in [0.5, 0.6) is 0 Å². The standard InChI is InChI=1S/C49H77NO10.Na/c1-11-36(45(53)54)38-20-19-29(4)43(57-38)33(8)41(51)32(7)42(52)37(12-2)44-30(5)27-31(6)48(58-44)24-21-39(50-28-35-17-15-14-16-18-35)49(60-48)26-25-46(10,59-49)40-22-23-47(55,13-3)34(9)56-40;/h14-18,21,24,29-34,36-41,43-44,50-51,55H,11-13,19-20,22-23,25-28H2,1-10H3,(H,53,54);/q;+1/p-1/t29-,30-,31+,32-,33-,34-,36+,37-,38+,39-,40+,41+,43+,44-,46-,47+,48-,49-;/m0./s1. The fourth-order valence-corrected chi connectivity index (χ4v) is 11.5. The zero-order valence-electron chi connectivity index (χ0n) is 39.1. The van der Waals surface area contributed by atoms with E-state index < -0.39 is 76.8 Å². The van der Waals surface area contributed by atoms with Gasteiger partial charge in [-0.3, -0.25) is 4.79 Å². The van der Waals surface area contributed by atoms with Gasteiger partial charge in [-0.25, -0.2) is 0 Å². The molecule has 1 aromatic carbocycles. The predicted octanol–water partition coefficient (Wildman–Crippen LogP) is 3.65. The molecular weight excluding hydrogens is 786 g/mol. The Labute approximate surface area is 388 Å². The van der Waals surface area contributed by atoms with Crippen molar-refractivity contribution in [2.45, 2.75) is 205 Å². The minimum Gasteiger partial charge on any atom is -0.550 e. The summed E-state index contributed by atoms with van der Waals surface area (Å²) in [7, 11) is 0. The summed E-state index contributed by atoms with van der Waals surface area (Å²) >= 11 is 0. The molecule has 0 aliphatic carbocycles. The van der Waals surface area contributed by atoms with Crippen LogP contribution in [0.1, 0.15) is 139 Å². The van der Waals surface area contributed by atoms with Crippen LogP contribution in [-0.4, -0.2) is 87.4 Å². The van der Waals surface area contributed by atoms with Gasteiger partial charge in [0.05, 0.1) is 53.9 Å². The number of carbonyl (C=O) groups is 2. The van der Waals surface area contributed by atoms with E-state index in [1.807, 2.05) is 58.9 Å². The molecule has 12 heteroatoms. The van der Waals surface area contributed by atoms with Crippen LogP contribution >= 0.6 is 0 Å². The van der Waals surface area contributed by atoms with Crippen molar-refractivity contribution in [1.82, 2.24) is 5.32 Å². The Kier molecular flexibility index (Phi) is 17.1. The number of benzene rings is 1. The number of carbonyl (C=O) groups excluding carboxylic acids is 2. The Bertz CT molecular complexity index is 1650. The summed E-state index contributed by atoms with van der Waals surface area (Å²) < 4.78 is 34.9. The van der Waals surface area contributed by atoms with Gasteiger partial charge in [0.15, 0.2) is 11.6 Å². The smallest absolute Gasteiger partial charge is 0.550 e. The quantitative estimate of drug-likeness (QED) is 0.175. The fraction of sp³-hybridized carbons (Fsp3) is 0.796. The van der Waals surface area contributed by atoms with Gasteiger partial charge in [-0.1, -0.05) is 91.8 Å². The van der Waals surface area contributed by atoms with Gasteiger partial charge >= 0.3 is 29.6 Å². The number of ether oxygens (including phenoxy) is 5. The predicted molar refractivity (Wildman–Crippen MR) is 227 cm³/mol. The molecule has 0 amide bonds. The molecule has 4 saturated heterocycles. The van der Waals surface area contributed by atoms with E-state index in [4.69, 9.17) is 23.7 Å². The Morgan fingerprint density at radius 1 is 0.902 bits per heavy atom. The van der Waals surface area contributed by atoms with Crippen molar-refractivity contribution in [3.05, 3.63) is 48.0 Å². The first kappa shape index (κ1) is 50.8. The average molecular weight is 862 g/mol. The number of rotatable bonds is 15. The first-order valence-electron chi connectivity index (χ1n) is 23.4. The largest absolute Gasteiger partial charge is 1.00 e. The van der Waals surface area contributed by atoms with Crippen molar-refractivity contribution in [2.75, 3.05) is 0 Å². The Balaban J connectivity index is 0.00000704. The normalized spacial score (nSPS) is 41.4. The average Bonchev–Trinajstić information content (AvgIpc) is 3.57. The van der Waals surface area contributed by atoms with Crippen molar-refractivity contribution in [3.63, 3.8) is 0 Å². The molecule has 4 fully saturated rings. The molecule has 338 valence electrons. The third-order valence-corrected chi connectivity index (χ3v) is 15.8. The molecule has 5 aliphatic heterocycles. The summed E-state index contributed by atoms with van der Waals surface area (Å²) in [6, 6.07) is 9.95. The van der Waals surface area contributed by atoms with Gasteiger partial charge in [0.25, 0.3) is 0 Å². The summed E-state index contributed by atoms with van der Waals surface area (Å²) in [5.41, 5.74) is -0.405. The monoisotopic (exact) mass is 862 g/mol. The van der Waals surface area contributed by atoms with Crippen molar-refractivity contribution in [1.29, 1.82) is 0 Å². The van der Waals surface area contributed by atoms with Gasteiger partial charge in [0.1, 0.15) is 5.78 Å². The third-order valence-electron chi connectivity index (χ3n) is 15.8. The number of carboxylic acids is 1. The maximum Gasteiger partial charge on any atom is 1.00 e. The topological polar surface area (TPSA) is 156 Å². The molecule has 11 nitrogen and oxygen atoms in total. The maximum absolute atomic E-state index is 14.7. The molecule has 3 N–H and O–H groups in total. The van der Waals surface area contributed by atoms with Crippen molar-refractivity contribution in [2.24, 2.45) is 41.4 Å². The Hall–Kier alpha value is -1.22. The number of Topliss-reactive ketones (excluding diaryl/α,β-unsaturated/α-hetero) is 1. The molecule has 2 spiro atoms. The van der Waals surface area contributed by atoms with Crippen LogP contribution in [0.15, 0.2) is 42.5 Å². The zero-order chi connectivity index (χ0) is 43.8. The molecule has 0 saturated carbocycles. The second kappa shape index (κ2) is 20.5. The molecule has 5 aliphatic rings. The first-order valence-corrected chi connectivity index (χ1v) is 23.4. The minimum atomic E-state index is -1.17. The number of aliphatic carboxylic acids is 1. The molecule has 0 bridgehead atoms. The minimum absolute atomic E-state index is 0. The van der Waals surface area contributed by atoms with Gasteiger partial charge in [-0.15, -0.1) is 0 Å². The SMILES string of the molecule is CC[C@@H](C(=O)[C@@H](C)[C@@H](O)[C@H](C)[C@@H]1O[C@@H]([C@@H](CC)C(=O)[O-])CC[C@@H]1C)[C@H]1O[C@]2(C=C[C@H](NCc3ccccc3)[C@]3(CC[C@@](C)([C@H]4CC[C@](O)(CC)[C@H](C)O4)O3)O2)[C@H](C)C[C@@H]1C.[Na+]. The van der Waals surface area contributed by atoms with Crippen molar-refractivity contribution in [3.8, 4) is 0 Å². The van der Waals surface area contributed by atoms with Crippen LogP contribution in [0.2, 0.25) is 0 Å². The van der Waals surface area contributed by atoms with E-state index in [2.05, 4.69) is 51.2 Å². The summed E-state index contributed by atoms with van der Waals surface area (Å²) in [5.74, 6) is -5.71. The molecular formula is C49H76NNaO10. The Morgan fingerprint density at radius 2 is 1.59 bits per heavy atom. The zero-order valence-corrected chi connectivity index (χ0v) is 41.1. The van der Waals surface area contributed by atoms with Gasteiger partial charge in [0, 0.05) is 48.5 Å². The number of aliphatic hydroxyl groups excluding tert-OH is 1. The second-order valence-corrected chi connectivity index (χ2v) is 19.8. The summed E-state index contributed by atoms with van der Waals surface area (Å²) in [6.45, 7) is 20.6. The van der Waals surface area contributed by atoms with E-state index in [0.717, 1.165) is 18.4 Å². The number of ketones is 1. The molecule has 0 unspecified atom stereocenters. The summed E-state index contributed by atoms with van der Waals surface area (Å²) in [6.07, 6.45) is 7.55.